The van der Waals surface area contributed by atoms with Crippen molar-refractivity contribution in [2.75, 3.05) is 0 Å². The highest BCUT2D eigenvalue weighted by molar-refractivity contribution is 7.07. The molecule has 4 aromatic rings. The van der Waals surface area contributed by atoms with E-state index in [1.54, 1.807) is 6.21 Å². The first kappa shape index (κ1) is 23.9. The molecule has 1 saturated carbocycles. The maximum Gasteiger partial charge on any atom is 0.345 e. The Morgan fingerprint density at radius 2 is 1.79 bits per heavy atom. The number of aryl methyl sites for hydroxylation is 1. The molecular weight excluding hydrogens is 442 g/mol. The van der Waals surface area contributed by atoms with Crippen LogP contribution in [0.5, 0.6) is 0 Å². The smallest absolute Gasteiger partial charge is 0.345 e. The van der Waals surface area contributed by atoms with Gasteiger partial charge in [-0.2, -0.15) is 5.10 Å². The van der Waals surface area contributed by atoms with Gasteiger partial charge in [0.2, 0.25) is 4.80 Å². The molecule has 6 heteroatoms. The highest BCUT2D eigenvalue weighted by atomic mass is 32.1. The summed E-state index contributed by atoms with van der Waals surface area (Å²) >= 11 is 1.52. The van der Waals surface area contributed by atoms with Crippen LogP contribution in [0.1, 0.15) is 63.1 Å². The normalized spacial score (nSPS) is 15.0. The summed E-state index contributed by atoms with van der Waals surface area (Å²) in [6, 6.07) is 18.1. The van der Waals surface area contributed by atoms with Gasteiger partial charge in [-0.15, -0.1) is 16.4 Å². The third kappa shape index (κ3) is 5.28. The van der Waals surface area contributed by atoms with E-state index in [0.29, 0.717) is 17.2 Å². The van der Waals surface area contributed by atoms with Crippen LogP contribution in [-0.4, -0.2) is 10.8 Å². The Morgan fingerprint density at radius 1 is 1.03 bits per heavy atom. The maximum absolute atomic E-state index is 12.9. The Balaban J connectivity index is 0.00000133. The fourth-order valence-electron chi connectivity index (χ4n) is 4.39. The van der Waals surface area contributed by atoms with Crippen LogP contribution in [0.3, 0.4) is 0 Å². The minimum Gasteiger partial charge on any atom is -0.422 e. The molecule has 0 bridgehead atoms. The lowest BCUT2D eigenvalue weighted by atomic mass is 9.95. The zero-order chi connectivity index (χ0) is 23.9. The second-order valence-corrected chi connectivity index (χ2v) is 9.15. The predicted octanol–water partition coefficient (Wildman–Crippen LogP) is 7.10. The molecule has 1 aliphatic rings. The van der Waals surface area contributed by atoms with Gasteiger partial charge < -0.3 is 8.98 Å². The average molecular weight is 474 g/mol. The van der Waals surface area contributed by atoms with Gasteiger partial charge in [0.15, 0.2) is 0 Å². The predicted molar refractivity (Wildman–Crippen MR) is 142 cm³/mol. The summed E-state index contributed by atoms with van der Waals surface area (Å²) in [5, 5.41) is 11.8. The second kappa shape index (κ2) is 11.3. The van der Waals surface area contributed by atoms with Gasteiger partial charge in [-0.25, -0.2) is 4.79 Å². The van der Waals surface area contributed by atoms with E-state index >= 15 is 0 Å². The quantitative estimate of drug-likeness (QED) is 0.180. The summed E-state index contributed by atoms with van der Waals surface area (Å²) in [5.41, 5.74) is 3.88. The number of benzene rings is 2. The Morgan fingerprint density at radius 3 is 2.56 bits per heavy atom. The molecule has 1 fully saturated rings. The average Bonchev–Trinajstić information content (AvgIpc) is 3.30. The summed E-state index contributed by atoms with van der Waals surface area (Å²) in [6.07, 6.45) is 7.55. The lowest BCUT2D eigenvalue weighted by Gasteiger charge is -2.25. The fourth-order valence-corrected chi connectivity index (χ4v) is 5.30. The molecule has 0 spiro atoms. The Labute approximate surface area is 204 Å². The Kier molecular flexibility index (Phi) is 7.91. The summed E-state index contributed by atoms with van der Waals surface area (Å²) in [5.74, 6) is 0. The number of hydrogen-bond acceptors (Lipinski definition) is 5. The molecule has 0 amide bonds. The van der Waals surface area contributed by atoms with Crippen LogP contribution < -0.4 is 10.4 Å². The molecule has 2 aromatic heterocycles. The van der Waals surface area contributed by atoms with Crippen molar-refractivity contribution in [3.05, 3.63) is 86.3 Å². The van der Waals surface area contributed by atoms with E-state index in [1.807, 2.05) is 74.7 Å². The van der Waals surface area contributed by atoms with Crippen LogP contribution in [0.2, 0.25) is 0 Å². The zero-order valence-electron chi connectivity index (χ0n) is 20.0. The van der Waals surface area contributed by atoms with E-state index in [2.05, 4.69) is 20.8 Å². The topological polar surface area (TPSA) is 59.9 Å². The summed E-state index contributed by atoms with van der Waals surface area (Å²) in [7, 11) is 0. The standard InChI is InChI=1S/C26H25N3O2S.C2H6/c1-18-12-13-24-20(14-18)15-22(25(30)31-24)23-17-32-26(29(23)21-10-6-3-7-11-21)28-27-16-19-8-4-2-5-9-19;1-2/h2,4-5,8-9,12-17,21H,3,6-7,10-11H2,1H3;1-2H3/b27-16?,28-26+;. The van der Waals surface area contributed by atoms with Gasteiger partial charge in [0, 0.05) is 16.8 Å². The highest BCUT2D eigenvalue weighted by Crippen LogP contribution is 2.32. The lowest BCUT2D eigenvalue weighted by molar-refractivity contribution is 0.350. The molecule has 0 radical (unpaired) electrons. The van der Waals surface area contributed by atoms with Gasteiger partial charge in [0.1, 0.15) is 5.58 Å². The zero-order valence-corrected chi connectivity index (χ0v) is 20.8. The molecule has 0 aliphatic heterocycles. The largest absolute Gasteiger partial charge is 0.422 e. The molecule has 2 heterocycles. The second-order valence-electron chi connectivity index (χ2n) is 8.31. The first-order valence-electron chi connectivity index (χ1n) is 12.1. The van der Waals surface area contributed by atoms with Gasteiger partial charge in [-0.05, 0) is 43.5 Å². The number of nitrogens with zero attached hydrogens (tertiary/aromatic N) is 3. The highest BCUT2D eigenvalue weighted by Gasteiger charge is 2.22. The summed E-state index contributed by atoms with van der Waals surface area (Å²) in [4.78, 5) is 13.7. The molecule has 2 aromatic carbocycles. The number of aromatic nitrogens is 1. The van der Waals surface area contributed by atoms with E-state index in [4.69, 9.17) is 4.42 Å². The van der Waals surface area contributed by atoms with E-state index < -0.39 is 0 Å². The van der Waals surface area contributed by atoms with Crippen LogP contribution in [-0.2, 0) is 0 Å². The number of fused-ring (bicyclic) bond motifs is 1. The number of hydrogen-bond donors (Lipinski definition) is 0. The minimum absolute atomic E-state index is 0.309. The maximum atomic E-state index is 12.9. The first-order chi connectivity index (χ1) is 16.7. The lowest BCUT2D eigenvalue weighted by Crippen LogP contribution is -2.24. The van der Waals surface area contributed by atoms with Crippen molar-refractivity contribution < 1.29 is 4.42 Å². The number of rotatable bonds is 4. The third-order valence-electron chi connectivity index (χ3n) is 5.99. The van der Waals surface area contributed by atoms with E-state index in [-0.39, 0.29) is 5.63 Å². The molecule has 5 nitrogen and oxygen atoms in total. The van der Waals surface area contributed by atoms with Crippen molar-refractivity contribution >= 4 is 28.5 Å². The monoisotopic (exact) mass is 473 g/mol. The molecule has 1 aliphatic carbocycles. The van der Waals surface area contributed by atoms with Gasteiger partial charge in [0.05, 0.1) is 17.5 Å². The number of thiazole rings is 1. The van der Waals surface area contributed by atoms with E-state index in [1.165, 1.54) is 30.6 Å². The minimum atomic E-state index is -0.317. The molecular formula is C28H31N3O2S. The SMILES string of the molecule is CC.Cc1ccc2oc(=O)c(-c3cs/c(=N/N=Cc4ccccc4)n3C3CCCCC3)cc2c1. The summed E-state index contributed by atoms with van der Waals surface area (Å²) in [6.45, 7) is 6.04. The van der Waals surface area contributed by atoms with Crippen molar-refractivity contribution in [3.8, 4) is 11.3 Å². The first-order valence-corrected chi connectivity index (χ1v) is 12.9. The Bertz CT molecular complexity index is 1390. The van der Waals surface area contributed by atoms with Gasteiger partial charge in [-0.1, -0.05) is 75.1 Å². The van der Waals surface area contributed by atoms with Crippen molar-refractivity contribution in [2.24, 2.45) is 10.2 Å². The van der Waals surface area contributed by atoms with Gasteiger partial charge in [-0.3, -0.25) is 0 Å². The van der Waals surface area contributed by atoms with Crippen LogP contribution in [0.4, 0.5) is 0 Å². The molecule has 0 atom stereocenters. The molecule has 0 unspecified atom stereocenters. The summed E-state index contributed by atoms with van der Waals surface area (Å²) < 4.78 is 7.88. The van der Waals surface area contributed by atoms with Crippen molar-refractivity contribution in [1.29, 1.82) is 0 Å². The van der Waals surface area contributed by atoms with E-state index in [9.17, 15) is 4.79 Å². The van der Waals surface area contributed by atoms with E-state index in [0.717, 1.165) is 39.9 Å². The molecule has 5 rings (SSSR count). The third-order valence-corrected chi connectivity index (χ3v) is 6.83. The van der Waals surface area contributed by atoms with Crippen LogP contribution in [0.25, 0.3) is 22.2 Å². The van der Waals surface area contributed by atoms with Gasteiger partial charge >= 0.3 is 5.63 Å². The molecule has 176 valence electrons. The fraction of sp³-hybridized carbons (Fsp3) is 0.321. The van der Waals surface area contributed by atoms with Crippen molar-refractivity contribution in [3.63, 3.8) is 0 Å². The van der Waals surface area contributed by atoms with Gasteiger partial charge in [0.25, 0.3) is 0 Å². The molecule has 0 N–H and O–H groups in total. The van der Waals surface area contributed by atoms with Crippen LogP contribution >= 0.6 is 11.3 Å². The molecule has 0 saturated heterocycles. The van der Waals surface area contributed by atoms with Crippen LogP contribution in [0, 0.1) is 6.92 Å². The van der Waals surface area contributed by atoms with Crippen molar-refractivity contribution in [1.82, 2.24) is 4.57 Å². The Hall–Kier alpha value is -3.25. The van der Waals surface area contributed by atoms with Crippen LogP contribution in [0.15, 0.2) is 79.4 Å². The van der Waals surface area contributed by atoms with Crippen molar-refractivity contribution in [2.45, 2.75) is 58.9 Å². The molecule has 34 heavy (non-hydrogen) atoms.